The summed E-state index contributed by atoms with van der Waals surface area (Å²) >= 11 is 0. The van der Waals surface area contributed by atoms with Crippen LogP contribution in [0.2, 0.25) is 0 Å². The van der Waals surface area contributed by atoms with Crippen molar-refractivity contribution in [2.75, 3.05) is 59.9 Å². The molecule has 8 rings (SSSR count). The molecule has 6 aromatic rings. The molecule has 8 nitrogen and oxygen atoms in total. The number of ether oxygens (including phenoxy) is 1. The number of fused-ring (bicyclic) bond motifs is 6. The van der Waals surface area contributed by atoms with Gasteiger partial charge in [-0.3, -0.25) is 9.69 Å². The number of carbonyl (C=O) groups is 1. The fraction of sp³-hybridized carbons (Fsp3) is 0.229. The molecule has 0 bridgehead atoms. The van der Waals surface area contributed by atoms with E-state index in [0.717, 1.165) is 99.6 Å². The van der Waals surface area contributed by atoms with Crippen molar-refractivity contribution >= 4 is 40.0 Å². The van der Waals surface area contributed by atoms with E-state index in [1.807, 2.05) is 73.6 Å². The number of carbonyl (C=O) groups excluding carboxylic acids is 1. The van der Waals surface area contributed by atoms with Crippen LogP contribution in [0.15, 0.2) is 144 Å². The Morgan fingerprint density at radius 3 is 1.52 bits per heavy atom. The van der Waals surface area contributed by atoms with Gasteiger partial charge in [0.1, 0.15) is 17.0 Å². The van der Waals surface area contributed by atoms with Crippen molar-refractivity contribution in [3.63, 3.8) is 0 Å². The SMILES string of the molecule is CCN(CC)c1ccc2c(c1)Oc1cc(N(CC)CC)ccc1C21c2ccccc2C(=O)N1c1ccc(-c2ccc(N=Nc3ccc(N(C)C)cc3)cc2)cc1. The van der Waals surface area contributed by atoms with Gasteiger partial charge in [0.25, 0.3) is 5.91 Å². The van der Waals surface area contributed by atoms with E-state index in [1.165, 1.54) is 0 Å². The summed E-state index contributed by atoms with van der Waals surface area (Å²) in [5.41, 5.74) is 10.3. The first-order chi connectivity index (χ1) is 27.3. The lowest BCUT2D eigenvalue weighted by Crippen LogP contribution is -2.47. The van der Waals surface area contributed by atoms with E-state index in [4.69, 9.17) is 4.74 Å². The fourth-order valence-corrected chi connectivity index (χ4v) is 8.30. The van der Waals surface area contributed by atoms with Crippen molar-refractivity contribution in [1.29, 1.82) is 0 Å². The zero-order valence-corrected chi connectivity index (χ0v) is 33.0. The van der Waals surface area contributed by atoms with Crippen molar-refractivity contribution < 1.29 is 9.53 Å². The molecule has 0 saturated heterocycles. The number of rotatable bonds is 11. The van der Waals surface area contributed by atoms with Crippen LogP contribution in [-0.4, -0.2) is 46.2 Å². The molecule has 0 unspecified atom stereocenters. The zero-order valence-electron chi connectivity index (χ0n) is 33.0. The second-order valence-corrected chi connectivity index (χ2v) is 14.4. The Hall–Kier alpha value is -6.41. The molecule has 0 saturated carbocycles. The number of nitrogens with zero attached hydrogens (tertiary/aromatic N) is 6. The molecule has 0 aromatic heterocycles. The van der Waals surface area contributed by atoms with Crippen molar-refractivity contribution in [2.45, 2.75) is 33.2 Å². The predicted molar refractivity (Wildman–Crippen MR) is 230 cm³/mol. The largest absolute Gasteiger partial charge is 0.456 e. The van der Waals surface area contributed by atoms with E-state index >= 15 is 0 Å². The Kier molecular flexibility index (Phi) is 9.81. The van der Waals surface area contributed by atoms with E-state index in [1.54, 1.807) is 0 Å². The first-order valence-electron chi connectivity index (χ1n) is 19.6. The molecule has 1 spiro atoms. The van der Waals surface area contributed by atoms with Crippen LogP contribution in [0.5, 0.6) is 11.5 Å². The Morgan fingerprint density at radius 1 is 0.554 bits per heavy atom. The first kappa shape index (κ1) is 36.6. The molecule has 6 aromatic carbocycles. The van der Waals surface area contributed by atoms with Crippen LogP contribution >= 0.6 is 0 Å². The van der Waals surface area contributed by atoms with Crippen LogP contribution in [0.1, 0.15) is 54.7 Å². The summed E-state index contributed by atoms with van der Waals surface area (Å²) in [5, 5.41) is 8.90. The molecule has 1 amide bonds. The molecule has 2 aliphatic rings. The summed E-state index contributed by atoms with van der Waals surface area (Å²) in [6.07, 6.45) is 0. The highest BCUT2D eigenvalue weighted by atomic mass is 16.5. The quantitative estimate of drug-likeness (QED) is 0.124. The average molecular weight is 741 g/mol. The number of benzene rings is 6. The Bertz CT molecular complexity index is 2330. The van der Waals surface area contributed by atoms with Crippen molar-refractivity contribution in [3.05, 3.63) is 156 Å². The van der Waals surface area contributed by atoms with Gasteiger partial charge < -0.3 is 19.4 Å². The normalized spacial score (nSPS) is 13.7. The van der Waals surface area contributed by atoms with Gasteiger partial charge in [0.2, 0.25) is 0 Å². The molecule has 8 heteroatoms. The standard InChI is InChI=1S/C48H48N6O2/c1-7-52(8-2)39-27-29-43-45(31-39)56-46-32-40(53(9-3)10-4)28-30-44(46)48(43)42-14-12-11-13-41(42)47(55)54(48)38-23-17-34(18-24-38)33-15-19-35(20-16-33)49-50-36-21-25-37(26-22-36)51(5)6/h11-32H,7-10H2,1-6H3. The smallest absolute Gasteiger partial charge is 0.260 e. The molecular weight excluding hydrogens is 693 g/mol. The Balaban J connectivity index is 1.20. The molecular formula is C48H48N6O2. The van der Waals surface area contributed by atoms with E-state index in [0.29, 0.717) is 5.56 Å². The Labute approximate surface area is 330 Å². The van der Waals surface area contributed by atoms with Gasteiger partial charge in [0.05, 0.1) is 11.4 Å². The van der Waals surface area contributed by atoms with Gasteiger partial charge in [-0.1, -0.05) is 54.6 Å². The summed E-state index contributed by atoms with van der Waals surface area (Å²) in [6, 6.07) is 45.4. The Morgan fingerprint density at radius 2 is 1.02 bits per heavy atom. The van der Waals surface area contributed by atoms with Gasteiger partial charge in [-0.15, -0.1) is 0 Å². The summed E-state index contributed by atoms with van der Waals surface area (Å²) in [5.74, 6) is 1.47. The lowest BCUT2D eigenvalue weighted by atomic mass is 9.74. The van der Waals surface area contributed by atoms with E-state index < -0.39 is 5.54 Å². The lowest BCUT2D eigenvalue weighted by molar-refractivity contribution is 0.0985. The minimum Gasteiger partial charge on any atom is -0.456 e. The first-order valence-corrected chi connectivity index (χ1v) is 19.6. The molecule has 56 heavy (non-hydrogen) atoms. The second kappa shape index (κ2) is 15.0. The summed E-state index contributed by atoms with van der Waals surface area (Å²) in [4.78, 5) is 23.6. The zero-order chi connectivity index (χ0) is 39.0. The molecule has 0 atom stereocenters. The van der Waals surface area contributed by atoms with Crippen molar-refractivity contribution in [1.82, 2.24) is 0 Å². The topological polar surface area (TPSA) is 64.0 Å². The molecule has 282 valence electrons. The predicted octanol–water partition coefficient (Wildman–Crippen LogP) is 11.6. The maximum Gasteiger partial charge on any atom is 0.260 e. The minimum atomic E-state index is -0.957. The average Bonchev–Trinajstić information content (AvgIpc) is 3.49. The van der Waals surface area contributed by atoms with E-state index in [9.17, 15) is 4.79 Å². The third-order valence-electron chi connectivity index (χ3n) is 11.2. The third kappa shape index (κ3) is 6.15. The molecule has 0 radical (unpaired) electrons. The highest BCUT2D eigenvalue weighted by molar-refractivity contribution is 6.14. The second-order valence-electron chi connectivity index (χ2n) is 14.4. The highest BCUT2D eigenvalue weighted by Crippen LogP contribution is 2.59. The maximum absolute atomic E-state index is 14.9. The van der Waals surface area contributed by atoms with Gasteiger partial charge in [0.15, 0.2) is 0 Å². The van der Waals surface area contributed by atoms with Gasteiger partial charge >= 0.3 is 0 Å². The van der Waals surface area contributed by atoms with Crippen LogP contribution in [0.25, 0.3) is 11.1 Å². The number of amides is 1. The van der Waals surface area contributed by atoms with E-state index in [-0.39, 0.29) is 5.91 Å². The van der Waals surface area contributed by atoms with Crippen LogP contribution in [0, 0.1) is 0 Å². The maximum atomic E-state index is 14.9. The highest BCUT2D eigenvalue weighted by Gasteiger charge is 2.57. The molecule has 0 aliphatic carbocycles. The summed E-state index contributed by atoms with van der Waals surface area (Å²) in [7, 11) is 4.03. The van der Waals surface area contributed by atoms with Gasteiger partial charge in [0, 0.05) is 97.4 Å². The number of azo groups is 1. The number of hydrogen-bond acceptors (Lipinski definition) is 7. The molecule has 0 fully saturated rings. The molecule has 0 N–H and O–H groups in total. The van der Waals surface area contributed by atoms with Gasteiger partial charge in [-0.05, 0) is 106 Å². The van der Waals surface area contributed by atoms with Crippen LogP contribution in [-0.2, 0) is 5.54 Å². The van der Waals surface area contributed by atoms with Crippen LogP contribution < -0.4 is 24.3 Å². The minimum absolute atomic E-state index is 0.0427. The van der Waals surface area contributed by atoms with Crippen LogP contribution in [0.4, 0.5) is 34.1 Å². The summed E-state index contributed by atoms with van der Waals surface area (Å²) < 4.78 is 6.89. The fourth-order valence-electron chi connectivity index (χ4n) is 8.30. The third-order valence-corrected chi connectivity index (χ3v) is 11.2. The van der Waals surface area contributed by atoms with Crippen LogP contribution in [0.3, 0.4) is 0 Å². The lowest BCUT2D eigenvalue weighted by Gasteiger charge is -2.44. The number of hydrogen-bond donors (Lipinski definition) is 0. The van der Waals surface area contributed by atoms with Gasteiger partial charge in [-0.25, -0.2) is 0 Å². The number of anilines is 4. The monoisotopic (exact) mass is 740 g/mol. The van der Waals surface area contributed by atoms with Crippen molar-refractivity contribution in [3.8, 4) is 22.6 Å². The van der Waals surface area contributed by atoms with Gasteiger partial charge in [-0.2, -0.15) is 10.2 Å². The van der Waals surface area contributed by atoms with Crippen molar-refractivity contribution in [2.24, 2.45) is 10.2 Å². The summed E-state index contributed by atoms with van der Waals surface area (Å²) in [6.45, 7) is 12.2. The molecule has 2 heterocycles. The molecule has 2 aliphatic heterocycles. The van der Waals surface area contributed by atoms with E-state index in [2.05, 4.69) is 131 Å².